The molecule has 0 aliphatic rings. The number of unbranched alkanes of at least 4 members (excludes halogenated alkanes) is 2. The molecule has 32 heavy (non-hydrogen) atoms. The van der Waals surface area contributed by atoms with Crippen molar-refractivity contribution in [2.24, 2.45) is 11.8 Å². The first kappa shape index (κ1) is 24.6. The van der Waals surface area contributed by atoms with Gasteiger partial charge in [-0.25, -0.2) is 0 Å². The number of carbonyl (C=O) groups is 1. The van der Waals surface area contributed by atoms with E-state index in [1.807, 2.05) is 17.7 Å². The lowest BCUT2D eigenvalue weighted by Gasteiger charge is -2.16. The quantitative estimate of drug-likeness (QED) is 0.219. The number of halogens is 1. The molecule has 5 nitrogen and oxygen atoms in total. The van der Waals surface area contributed by atoms with Crippen LogP contribution in [0, 0.1) is 18.8 Å². The van der Waals surface area contributed by atoms with Gasteiger partial charge < -0.3 is 9.73 Å². The summed E-state index contributed by atoms with van der Waals surface area (Å²) in [6.07, 6.45) is 7.78. The molecule has 0 spiro atoms. The van der Waals surface area contributed by atoms with Crippen LogP contribution in [-0.4, -0.2) is 28.1 Å². The highest BCUT2D eigenvalue weighted by atomic mass is 35.5. The third-order valence-corrected chi connectivity index (χ3v) is 6.83. The van der Waals surface area contributed by atoms with Gasteiger partial charge in [-0.05, 0) is 55.7 Å². The lowest BCUT2D eigenvalue weighted by Crippen LogP contribution is -2.29. The van der Waals surface area contributed by atoms with Crippen LogP contribution in [0.4, 0.5) is 0 Å². The first-order chi connectivity index (χ1) is 15.5. The fraction of sp³-hybridized carbons (Fsp3) is 0.615. The Labute approximate surface area is 196 Å². The maximum Gasteiger partial charge on any atom is 0.275 e. The second-order valence-corrected chi connectivity index (χ2v) is 9.55. The second kappa shape index (κ2) is 11.7. The average Bonchev–Trinajstić information content (AvgIpc) is 3.32. The van der Waals surface area contributed by atoms with Gasteiger partial charge in [0, 0.05) is 24.4 Å². The molecule has 176 valence electrons. The number of aromatic nitrogens is 2. The van der Waals surface area contributed by atoms with Gasteiger partial charge in [0.2, 0.25) is 0 Å². The van der Waals surface area contributed by atoms with Gasteiger partial charge in [0.05, 0.1) is 0 Å². The summed E-state index contributed by atoms with van der Waals surface area (Å²) in [5.41, 5.74) is 3.83. The van der Waals surface area contributed by atoms with Gasteiger partial charge in [-0.3, -0.25) is 9.48 Å². The molecule has 0 bridgehead atoms. The van der Waals surface area contributed by atoms with Crippen molar-refractivity contribution in [3.05, 3.63) is 29.5 Å². The van der Waals surface area contributed by atoms with Crippen molar-refractivity contribution in [1.29, 1.82) is 0 Å². The standard InChI is InChI=1S/C26H38ClN3O2/c1-5-20(6-2)12-10-19(4)17-28-26(31)23-25-24(30(29-23)15-9-7-8-14-27)21-13-11-18(3)16-22(21)32-25/h11,13,16,19-20H,5-10,12,14-15,17H2,1-4H3,(H,28,31). The Morgan fingerprint density at radius 3 is 2.69 bits per heavy atom. The Morgan fingerprint density at radius 1 is 1.19 bits per heavy atom. The molecule has 6 heteroatoms. The first-order valence-corrected chi connectivity index (χ1v) is 12.8. The minimum absolute atomic E-state index is 0.153. The SMILES string of the molecule is CCC(CC)CCC(C)CNC(=O)c1nn(CCCCCCl)c2c1oc1cc(C)ccc12. The van der Waals surface area contributed by atoms with Gasteiger partial charge >= 0.3 is 0 Å². The van der Waals surface area contributed by atoms with E-state index in [2.05, 4.69) is 43.3 Å². The fourth-order valence-electron chi connectivity index (χ4n) is 4.34. The molecule has 2 heterocycles. The van der Waals surface area contributed by atoms with E-state index in [0.717, 1.165) is 60.2 Å². The van der Waals surface area contributed by atoms with Crippen molar-refractivity contribution in [1.82, 2.24) is 15.1 Å². The van der Waals surface area contributed by atoms with E-state index < -0.39 is 0 Å². The summed E-state index contributed by atoms with van der Waals surface area (Å²) in [6.45, 7) is 10.2. The van der Waals surface area contributed by atoms with E-state index in [-0.39, 0.29) is 5.91 Å². The van der Waals surface area contributed by atoms with Crippen LogP contribution >= 0.6 is 11.6 Å². The van der Waals surface area contributed by atoms with Crippen molar-refractivity contribution in [3.63, 3.8) is 0 Å². The van der Waals surface area contributed by atoms with E-state index in [9.17, 15) is 4.79 Å². The molecule has 2 aromatic heterocycles. The minimum Gasteiger partial charge on any atom is -0.452 e. The van der Waals surface area contributed by atoms with Gasteiger partial charge in [0.1, 0.15) is 11.1 Å². The van der Waals surface area contributed by atoms with Crippen molar-refractivity contribution >= 4 is 39.6 Å². The Morgan fingerprint density at radius 2 is 1.97 bits per heavy atom. The maximum atomic E-state index is 13.1. The molecular formula is C26H38ClN3O2. The Bertz CT molecular complexity index is 1020. The Balaban J connectivity index is 1.77. The van der Waals surface area contributed by atoms with Gasteiger partial charge in [-0.2, -0.15) is 5.10 Å². The molecule has 1 amide bonds. The number of nitrogens with one attached hydrogen (secondary N) is 1. The average molecular weight is 460 g/mol. The van der Waals surface area contributed by atoms with Crippen LogP contribution in [0.3, 0.4) is 0 Å². The molecule has 1 aromatic carbocycles. The topological polar surface area (TPSA) is 60.1 Å². The van der Waals surface area contributed by atoms with Crippen molar-refractivity contribution in [2.75, 3.05) is 12.4 Å². The van der Waals surface area contributed by atoms with Gasteiger partial charge in [0.15, 0.2) is 11.3 Å². The van der Waals surface area contributed by atoms with E-state index in [4.69, 9.17) is 16.0 Å². The first-order valence-electron chi connectivity index (χ1n) is 12.2. The third-order valence-electron chi connectivity index (χ3n) is 6.57. The van der Waals surface area contributed by atoms with E-state index in [1.54, 1.807) is 0 Å². The summed E-state index contributed by atoms with van der Waals surface area (Å²) >= 11 is 5.83. The molecule has 0 aliphatic heterocycles. The van der Waals surface area contributed by atoms with Crippen LogP contribution in [0.25, 0.3) is 22.1 Å². The zero-order valence-electron chi connectivity index (χ0n) is 20.0. The van der Waals surface area contributed by atoms with Gasteiger partial charge in [-0.1, -0.05) is 52.5 Å². The third kappa shape index (κ3) is 5.86. The molecule has 1 atom stereocenters. The van der Waals surface area contributed by atoms with Gasteiger partial charge in [0.25, 0.3) is 5.91 Å². The smallest absolute Gasteiger partial charge is 0.275 e. The number of amides is 1. The van der Waals surface area contributed by atoms with Crippen molar-refractivity contribution < 1.29 is 9.21 Å². The molecule has 0 radical (unpaired) electrons. The Kier molecular flexibility index (Phi) is 9.03. The molecule has 0 saturated heterocycles. The van der Waals surface area contributed by atoms with Gasteiger partial charge in [-0.15, -0.1) is 11.6 Å². The second-order valence-electron chi connectivity index (χ2n) is 9.18. The number of fused-ring (bicyclic) bond motifs is 3. The lowest BCUT2D eigenvalue weighted by molar-refractivity contribution is 0.0941. The van der Waals surface area contributed by atoms with Crippen LogP contribution in [-0.2, 0) is 6.54 Å². The number of carbonyl (C=O) groups excluding carboxylic acids is 1. The summed E-state index contributed by atoms with van der Waals surface area (Å²) in [5.74, 6) is 1.73. The molecule has 1 unspecified atom stereocenters. The molecule has 0 fully saturated rings. The monoisotopic (exact) mass is 459 g/mol. The summed E-state index contributed by atoms with van der Waals surface area (Å²) < 4.78 is 8.08. The minimum atomic E-state index is -0.153. The van der Waals surface area contributed by atoms with Crippen molar-refractivity contribution in [2.45, 2.75) is 79.2 Å². The highest BCUT2D eigenvalue weighted by molar-refractivity contribution is 6.17. The number of benzene rings is 1. The molecular weight excluding hydrogens is 422 g/mol. The van der Waals surface area contributed by atoms with Crippen molar-refractivity contribution in [3.8, 4) is 0 Å². The van der Waals surface area contributed by atoms with Crippen LogP contribution in [0.2, 0.25) is 0 Å². The summed E-state index contributed by atoms with van der Waals surface area (Å²) in [7, 11) is 0. The largest absolute Gasteiger partial charge is 0.452 e. The fourth-order valence-corrected chi connectivity index (χ4v) is 4.53. The molecule has 3 aromatic rings. The zero-order valence-corrected chi connectivity index (χ0v) is 20.8. The predicted octanol–water partition coefficient (Wildman–Crippen LogP) is 7.08. The normalized spacial score (nSPS) is 12.8. The number of alkyl halides is 1. The number of furan rings is 1. The van der Waals surface area contributed by atoms with E-state index in [0.29, 0.717) is 29.6 Å². The van der Waals surface area contributed by atoms with Crippen LogP contribution in [0.15, 0.2) is 22.6 Å². The summed E-state index contributed by atoms with van der Waals surface area (Å²) in [5, 5.41) is 8.79. The summed E-state index contributed by atoms with van der Waals surface area (Å²) in [6, 6.07) is 6.16. The number of nitrogens with zero attached hydrogens (tertiary/aromatic N) is 2. The summed E-state index contributed by atoms with van der Waals surface area (Å²) in [4.78, 5) is 13.1. The molecule has 0 aliphatic carbocycles. The maximum absolute atomic E-state index is 13.1. The number of hydrogen-bond donors (Lipinski definition) is 1. The zero-order chi connectivity index (χ0) is 23.1. The van der Waals surface area contributed by atoms with Crippen LogP contribution in [0.1, 0.15) is 81.8 Å². The highest BCUT2D eigenvalue weighted by Crippen LogP contribution is 2.32. The number of hydrogen-bond acceptors (Lipinski definition) is 3. The number of rotatable bonds is 13. The Hall–Kier alpha value is -2.01. The van der Waals surface area contributed by atoms with Crippen LogP contribution in [0.5, 0.6) is 0 Å². The molecule has 3 rings (SSSR count). The van der Waals surface area contributed by atoms with E-state index in [1.165, 1.54) is 19.3 Å². The lowest BCUT2D eigenvalue weighted by atomic mass is 9.93. The van der Waals surface area contributed by atoms with Crippen LogP contribution < -0.4 is 5.32 Å². The highest BCUT2D eigenvalue weighted by Gasteiger charge is 2.23. The molecule has 0 saturated carbocycles. The predicted molar refractivity (Wildman–Crippen MR) is 134 cm³/mol. The van der Waals surface area contributed by atoms with E-state index >= 15 is 0 Å². The number of aryl methyl sites for hydroxylation is 2. The molecule has 1 N–H and O–H groups in total.